The normalized spacial score (nSPS) is 13.6. The molecule has 3 rings (SSSR count). The molecule has 0 radical (unpaired) electrons. The van der Waals surface area contributed by atoms with Gasteiger partial charge >= 0.3 is 12.3 Å². The molecule has 2 N–H and O–H groups in total. The smallest absolute Gasteiger partial charge is 0.468 e. The molecule has 0 aliphatic heterocycles. The third kappa shape index (κ3) is 7.54. The number of carbonyl (C=O) groups is 1. The number of hydrogen-bond acceptors (Lipinski definition) is 6. The minimum absolute atomic E-state index is 0.0577. The van der Waals surface area contributed by atoms with Gasteiger partial charge in [-0.15, -0.1) is 13.2 Å². The molecular weight excluding hydrogens is 497 g/mol. The molecule has 7 nitrogen and oxygen atoms in total. The van der Waals surface area contributed by atoms with Crippen LogP contribution in [-0.4, -0.2) is 33.9 Å². The van der Waals surface area contributed by atoms with Gasteiger partial charge in [0, 0.05) is 6.54 Å². The fourth-order valence-corrected chi connectivity index (χ4v) is 4.66. The van der Waals surface area contributed by atoms with Crippen molar-refractivity contribution >= 4 is 16.0 Å². The molecule has 0 saturated carbocycles. The van der Waals surface area contributed by atoms with E-state index < -0.39 is 40.2 Å². The van der Waals surface area contributed by atoms with E-state index in [-0.39, 0.29) is 11.4 Å². The van der Waals surface area contributed by atoms with Crippen LogP contribution in [0.1, 0.15) is 22.7 Å². The largest absolute Gasteiger partial charge is 0.573 e. The van der Waals surface area contributed by atoms with Gasteiger partial charge in [-0.05, 0) is 42.3 Å². The van der Waals surface area contributed by atoms with E-state index in [0.717, 1.165) is 30.4 Å². The van der Waals surface area contributed by atoms with Gasteiger partial charge in [0.15, 0.2) is 0 Å². The summed E-state index contributed by atoms with van der Waals surface area (Å²) in [4.78, 5) is 12.7. The van der Waals surface area contributed by atoms with Gasteiger partial charge in [-0.25, -0.2) is 8.42 Å². The highest BCUT2D eigenvalue weighted by Crippen LogP contribution is 2.27. The van der Waals surface area contributed by atoms with Crippen LogP contribution in [-0.2, 0) is 26.1 Å². The number of hydrogen-bond donors (Lipinski definition) is 2. The number of rotatable bonds is 10. The Hall–Kier alpha value is -3.41. The number of aryl methyl sites for hydroxylation is 1. The van der Waals surface area contributed by atoms with E-state index in [1.807, 2.05) is 30.3 Å². The van der Waals surface area contributed by atoms with Crippen molar-refractivity contribution in [3.05, 3.63) is 95.6 Å². The lowest BCUT2D eigenvalue weighted by atomic mass is 9.99. The first-order valence-corrected chi connectivity index (χ1v) is 12.3. The maximum atomic E-state index is 13.1. The molecule has 0 unspecified atom stereocenters. The monoisotopic (exact) mass is 522 g/mol. The molecule has 0 aliphatic carbocycles. The third-order valence-corrected chi connectivity index (χ3v) is 6.70. The van der Waals surface area contributed by atoms with Crippen molar-refractivity contribution in [2.75, 3.05) is 7.11 Å². The molecule has 0 heterocycles. The zero-order valence-electron chi connectivity index (χ0n) is 19.5. The first kappa shape index (κ1) is 27.2. The van der Waals surface area contributed by atoms with Crippen LogP contribution < -0.4 is 14.8 Å². The third-order valence-electron chi connectivity index (χ3n) is 5.24. The van der Waals surface area contributed by atoms with Crippen molar-refractivity contribution in [1.29, 1.82) is 0 Å². The minimum Gasteiger partial charge on any atom is -0.468 e. The summed E-state index contributed by atoms with van der Waals surface area (Å²) in [5.41, 5.74) is 2.02. The van der Waals surface area contributed by atoms with E-state index in [1.165, 1.54) is 24.3 Å². The summed E-state index contributed by atoms with van der Waals surface area (Å²) < 4.78 is 75.2. The van der Waals surface area contributed by atoms with E-state index in [0.29, 0.717) is 5.56 Å². The van der Waals surface area contributed by atoms with Crippen molar-refractivity contribution in [3.63, 3.8) is 0 Å². The highest BCUT2D eigenvalue weighted by Gasteiger charge is 2.35. The molecule has 0 fully saturated rings. The van der Waals surface area contributed by atoms with E-state index >= 15 is 0 Å². The lowest BCUT2D eigenvalue weighted by molar-refractivity contribution is -0.274. The second kappa shape index (κ2) is 11.5. The van der Waals surface area contributed by atoms with Gasteiger partial charge in [-0.2, -0.15) is 4.72 Å². The van der Waals surface area contributed by atoms with Gasteiger partial charge < -0.3 is 14.8 Å². The van der Waals surface area contributed by atoms with Crippen molar-refractivity contribution < 1.29 is 35.9 Å². The van der Waals surface area contributed by atoms with Crippen molar-refractivity contribution in [2.24, 2.45) is 0 Å². The first-order chi connectivity index (χ1) is 17.0. The summed E-state index contributed by atoms with van der Waals surface area (Å²) >= 11 is 0. The molecule has 0 aliphatic rings. The van der Waals surface area contributed by atoms with Crippen LogP contribution in [0.3, 0.4) is 0 Å². The Kier molecular flexibility index (Phi) is 8.72. The number of ether oxygens (including phenoxy) is 2. The number of sulfonamides is 1. The zero-order chi connectivity index (χ0) is 26.3. The lowest BCUT2D eigenvalue weighted by Gasteiger charge is -2.28. The number of halogens is 3. The Morgan fingerprint density at radius 2 is 1.56 bits per heavy atom. The van der Waals surface area contributed by atoms with Gasteiger partial charge in [-0.1, -0.05) is 60.2 Å². The number of esters is 1. The first-order valence-electron chi connectivity index (χ1n) is 10.8. The van der Waals surface area contributed by atoms with E-state index in [9.17, 15) is 26.4 Å². The Morgan fingerprint density at radius 3 is 2.11 bits per heavy atom. The van der Waals surface area contributed by atoms with Gasteiger partial charge in [0.25, 0.3) is 0 Å². The highest BCUT2D eigenvalue weighted by molar-refractivity contribution is 7.89. The van der Waals surface area contributed by atoms with Crippen LogP contribution in [0.15, 0.2) is 83.8 Å². The molecule has 2 atom stereocenters. The molecule has 3 aromatic rings. The topological polar surface area (TPSA) is 93.7 Å². The SMILES string of the molecule is COC(=O)[C@H](NS(=O)(=O)c1ccc(C)cc1)[C@H](NCc1ccccc1)c1ccc(OC(F)(F)F)cc1. The second-order valence-electron chi connectivity index (χ2n) is 7.90. The molecule has 3 aromatic carbocycles. The highest BCUT2D eigenvalue weighted by atomic mass is 32.2. The summed E-state index contributed by atoms with van der Waals surface area (Å²) in [5, 5.41) is 3.13. The van der Waals surface area contributed by atoms with Crippen LogP contribution >= 0.6 is 0 Å². The molecule has 36 heavy (non-hydrogen) atoms. The summed E-state index contributed by atoms with van der Waals surface area (Å²) in [7, 11) is -3.05. The van der Waals surface area contributed by atoms with Crippen LogP contribution in [0.25, 0.3) is 0 Å². The van der Waals surface area contributed by atoms with Gasteiger partial charge in [0.05, 0.1) is 18.0 Å². The van der Waals surface area contributed by atoms with Gasteiger partial charge in [0.1, 0.15) is 11.8 Å². The Morgan fingerprint density at radius 1 is 0.944 bits per heavy atom. The number of nitrogens with one attached hydrogen (secondary N) is 2. The Balaban J connectivity index is 1.97. The van der Waals surface area contributed by atoms with Crippen LogP contribution in [0.4, 0.5) is 13.2 Å². The maximum Gasteiger partial charge on any atom is 0.573 e. The Labute approximate surface area is 207 Å². The fourth-order valence-electron chi connectivity index (χ4n) is 3.46. The average Bonchev–Trinajstić information content (AvgIpc) is 2.83. The van der Waals surface area contributed by atoms with Crippen molar-refractivity contribution in [2.45, 2.75) is 36.8 Å². The second-order valence-corrected chi connectivity index (χ2v) is 9.61. The molecule has 0 bridgehead atoms. The number of benzene rings is 3. The van der Waals surface area contributed by atoms with E-state index in [4.69, 9.17) is 4.74 Å². The maximum absolute atomic E-state index is 13.1. The molecule has 0 amide bonds. The summed E-state index contributed by atoms with van der Waals surface area (Å²) in [6.07, 6.45) is -4.87. The summed E-state index contributed by atoms with van der Waals surface area (Å²) in [6.45, 7) is 2.03. The van der Waals surface area contributed by atoms with Crippen LogP contribution in [0.2, 0.25) is 0 Å². The molecule has 11 heteroatoms. The summed E-state index contributed by atoms with van der Waals surface area (Å²) in [6, 6.07) is 17.5. The minimum atomic E-state index is -4.87. The van der Waals surface area contributed by atoms with Crippen LogP contribution in [0, 0.1) is 6.92 Å². The van der Waals surface area contributed by atoms with Gasteiger partial charge in [-0.3, -0.25) is 4.79 Å². The molecule has 0 spiro atoms. The predicted molar refractivity (Wildman–Crippen MR) is 126 cm³/mol. The summed E-state index contributed by atoms with van der Waals surface area (Å²) in [5.74, 6) is -1.34. The number of carbonyl (C=O) groups excluding carboxylic acids is 1. The quantitative estimate of drug-likeness (QED) is 0.387. The van der Waals surface area contributed by atoms with E-state index in [1.54, 1.807) is 19.1 Å². The predicted octanol–water partition coefficient (Wildman–Crippen LogP) is 4.24. The Bertz CT molecular complexity index is 1250. The number of alkyl halides is 3. The molecule has 0 saturated heterocycles. The van der Waals surface area contributed by atoms with Gasteiger partial charge in [0.2, 0.25) is 10.0 Å². The molecule has 192 valence electrons. The standard InChI is InChI=1S/C25H25F3N2O5S/c1-17-8-14-21(15-9-17)36(32,33)30-23(24(31)34-2)22(29-16-18-6-4-3-5-7-18)19-10-12-20(13-11-19)35-25(26,27)28/h3-15,22-23,29-30H,16H2,1-2H3/t22-,23-/m1/s1. The van der Waals surface area contributed by atoms with E-state index in [2.05, 4.69) is 14.8 Å². The molecule has 0 aromatic heterocycles. The number of methoxy groups -OCH3 is 1. The van der Waals surface area contributed by atoms with Crippen LogP contribution in [0.5, 0.6) is 5.75 Å². The van der Waals surface area contributed by atoms with Crippen molar-refractivity contribution in [1.82, 2.24) is 10.0 Å². The fraction of sp³-hybridized carbons (Fsp3) is 0.240. The zero-order valence-corrected chi connectivity index (χ0v) is 20.3. The van der Waals surface area contributed by atoms with Crippen molar-refractivity contribution in [3.8, 4) is 5.75 Å². The average molecular weight is 523 g/mol. The lowest BCUT2D eigenvalue weighted by Crippen LogP contribution is -2.49. The molecular formula is C25H25F3N2O5S.